The summed E-state index contributed by atoms with van der Waals surface area (Å²) in [6.45, 7) is 7.43. The minimum absolute atomic E-state index is 0.886. The summed E-state index contributed by atoms with van der Waals surface area (Å²) in [4.78, 5) is 0. The van der Waals surface area contributed by atoms with Gasteiger partial charge in [-0.05, 0) is 30.6 Å². The number of hydrogen-bond donors (Lipinski definition) is 0. The van der Waals surface area contributed by atoms with E-state index >= 15 is 0 Å². The quantitative estimate of drug-likeness (QED) is 0.445. The van der Waals surface area contributed by atoms with Crippen LogP contribution in [0.5, 0.6) is 0 Å². The first-order valence-corrected chi connectivity index (χ1v) is 10.5. The molecule has 16 heavy (non-hydrogen) atoms. The fraction of sp³-hybridized carbons (Fsp3) is 0.867. The SMILES string of the molecule is CCC[Si](C)(CCC)CC1CC2C=CC1C2. The molecule has 2 aliphatic carbocycles. The lowest BCUT2D eigenvalue weighted by atomic mass is 9.96. The maximum Gasteiger partial charge on any atom is 0.0507 e. The normalized spacial score (nSPS) is 32.6. The molecule has 0 aromatic carbocycles. The molecule has 1 fully saturated rings. The van der Waals surface area contributed by atoms with Crippen LogP contribution in [-0.4, -0.2) is 8.07 Å². The molecule has 2 rings (SSSR count). The van der Waals surface area contributed by atoms with Crippen molar-refractivity contribution in [3.63, 3.8) is 0 Å². The van der Waals surface area contributed by atoms with Gasteiger partial charge in [0.15, 0.2) is 0 Å². The van der Waals surface area contributed by atoms with Gasteiger partial charge in [0.25, 0.3) is 0 Å². The Morgan fingerprint density at radius 1 is 1.06 bits per heavy atom. The highest BCUT2D eigenvalue weighted by Crippen LogP contribution is 2.47. The molecule has 2 bridgehead atoms. The van der Waals surface area contributed by atoms with Gasteiger partial charge in [-0.25, -0.2) is 0 Å². The van der Waals surface area contributed by atoms with E-state index in [0.29, 0.717) is 0 Å². The Hall–Kier alpha value is -0.0431. The van der Waals surface area contributed by atoms with Gasteiger partial charge in [0.05, 0.1) is 8.07 Å². The molecule has 1 saturated carbocycles. The van der Waals surface area contributed by atoms with Crippen LogP contribution in [0.2, 0.25) is 24.7 Å². The summed E-state index contributed by atoms with van der Waals surface area (Å²) in [6, 6.07) is 4.76. The molecule has 0 N–H and O–H groups in total. The maximum absolute atomic E-state index is 2.68. The van der Waals surface area contributed by atoms with Gasteiger partial charge in [-0.15, -0.1) is 0 Å². The van der Waals surface area contributed by atoms with Gasteiger partial charge in [-0.3, -0.25) is 0 Å². The Kier molecular flexibility index (Phi) is 3.94. The van der Waals surface area contributed by atoms with E-state index in [1.165, 1.54) is 25.7 Å². The zero-order valence-corrected chi connectivity index (χ0v) is 12.3. The van der Waals surface area contributed by atoms with Gasteiger partial charge in [0, 0.05) is 0 Å². The van der Waals surface area contributed by atoms with Gasteiger partial charge in [-0.2, -0.15) is 0 Å². The molecule has 0 aliphatic heterocycles. The zero-order chi connectivity index (χ0) is 11.6. The smallest absolute Gasteiger partial charge is 0.0507 e. The molecule has 0 radical (unpaired) electrons. The molecule has 0 amide bonds. The summed E-state index contributed by atoms with van der Waals surface area (Å²) in [7, 11) is -0.886. The average Bonchev–Trinajstić information content (AvgIpc) is 2.79. The van der Waals surface area contributed by atoms with Crippen molar-refractivity contribution in [1.82, 2.24) is 0 Å². The van der Waals surface area contributed by atoms with Crippen LogP contribution in [0.3, 0.4) is 0 Å². The Labute approximate surface area is 103 Å². The van der Waals surface area contributed by atoms with Crippen molar-refractivity contribution < 1.29 is 0 Å². The van der Waals surface area contributed by atoms with Crippen LogP contribution < -0.4 is 0 Å². The second kappa shape index (κ2) is 5.08. The molecule has 2 aliphatic rings. The Balaban J connectivity index is 1.93. The number of allylic oxidation sites excluding steroid dienone is 2. The van der Waals surface area contributed by atoms with Crippen molar-refractivity contribution in [2.75, 3.05) is 0 Å². The van der Waals surface area contributed by atoms with Crippen LogP contribution >= 0.6 is 0 Å². The summed E-state index contributed by atoms with van der Waals surface area (Å²) in [5, 5.41) is 0. The highest BCUT2D eigenvalue weighted by molar-refractivity contribution is 6.78. The van der Waals surface area contributed by atoms with Gasteiger partial charge >= 0.3 is 0 Å². The first-order chi connectivity index (χ1) is 7.67. The third kappa shape index (κ3) is 2.61. The highest BCUT2D eigenvalue weighted by atomic mass is 28.3. The largest absolute Gasteiger partial charge is 0.0851 e. The number of rotatable bonds is 6. The zero-order valence-electron chi connectivity index (χ0n) is 11.3. The molecule has 0 heterocycles. The molecule has 0 aromatic heterocycles. The molecule has 0 nitrogen and oxygen atoms in total. The fourth-order valence-electron chi connectivity index (χ4n) is 4.30. The molecule has 3 unspecified atom stereocenters. The van der Waals surface area contributed by atoms with Crippen molar-refractivity contribution in [3.8, 4) is 0 Å². The van der Waals surface area contributed by atoms with E-state index in [4.69, 9.17) is 0 Å². The van der Waals surface area contributed by atoms with Crippen LogP contribution in [-0.2, 0) is 0 Å². The Morgan fingerprint density at radius 2 is 1.75 bits per heavy atom. The summed E-state index contributed by atoms with van der Waals surface area (Å²) < 4.78 is 0. The number of fused-ring (bicyclic) bond motifs is 2. The lowest BCUT2D eigenvalue weighted by Gasteiger charge is -2.32. The van der Waals surface area contributed by atoms with Crippen molar-refractivity contribution in [3.05, 3.63) is 12.2 Å². The van der Waals surface area contributed by atoms with Crippen molar-refractivity contribution in [2.24, 2.45) is 17.8 Å². The third-order valence-corrected chi connectivity index (χ3v) is 9.80. The van der Waals surface area contributed by atoms with E-state index in [-0.39, 0.29) is 0 Å². The second-order valence-electron chi connectivity index (χ2n) is 6.56. The van der Waals surface area contributed by atoms with Crippen LogP contribution in [0.15, 0.2) is 12.2 Å². The van der Waals surface area contributed by atoms with E-state index in [0.717, 1.165) is 17.8 Å². The standard InChI is InChI=1S/C15H28Si/c1-4-8-16(3,9-5-2)12-15-11-13-6-7-14(15)10-13/h6-7,13-15H,4-5,8-12H2,1-3H3. The van der Waals surface area contributed by atoms with Crippen molar-refractivity contribution in [2.45, 2.75) is 64.2 Å². The van der Waals surface area contributed by atoms with Gasteiger partial charge in [0.1, 0.15) is 0 Å². The first-order valence-electron chi connectivity index (χ1n) is 7.35. The second-order valence-corrected chi connectivity index (χ2v) is 11.6. The Morgan fingerprint density at radius 3 is 2.19 bits per heavy atom. The van der Waals surface area contributed by atoms with Gasteiger partial charge in [0.2, 0.25) is 0 Å². The molecule has 92 valence electrons. The van der Waals surface area contributed by atoms with Crippen LogP contribution in [0.1, 0.15) is 39.5 Å². The predicted molar refractivity (Wildman–Crippen MR) is 75.5 cm³/mol. The molecule has 3 atom stereocenters. The highest BCUT2D eigenvalue weighted by Gasteiger charge is 2.39. The van der Waals surface area contributed by atoms with E-state index in [1.807, 2.05) is 0 Å². The minimum Gasteiger partial charge on any atom is -0.0851 e. The van der Waals surface area contributed by atoms with E-state index < -0.39 is 8.07 Å². The van der Waals surface area contributed by atoms with Crippen molar-refractivity contribution >= 4 is 8.07 Å². The molecule has 0 aromatic rings. The lowest BCUT2D eigenvalue weighted by Crippen LogP contribution is -2.33. The number of hydrogen-bond acceptors (Lipinski definition) is 0. The van der Waals surface area contributed by atoms with E-state index in [2.05, 4.69) is 32.5 Å². The van der Waals surface area contributed by atoms with Gasteiger partial charge in [-0.1, -0.05) is 63.5 Å². The predicted octanol–water partition coefficient (Wildman–Crippen LogP) is 5.10. The van der Waals surface area contributed by atoms with Crippen molar-refractivity contribution in [1.29, 1.82) is 0 Å². The maximum atomic E-state index is 2.68. The molecular weight excluding hydrogens is 208 g/mol. The lowest BCUT2D eigenvalue weighted by molar-refractivity contribution is 0.484. The summed E-state index contributed by atoms with van der Waals surface area (Å²) in [5.41, 5.74) is 0. The monoisotopic (exact) mass is 236 g/mol. The van der Waals surface area contributed by atoms with Crippen LogP contribution in [0.25, 0.3) is 0 Å². The fourth-order valence-corrected chi connectivity index (χ4v) is 9.11. The molecule has 1 heteroatoms. The minimum atomic E-state index is -0.886. The van der Waals surface area contributed by atoms with Gasteiger partial charge < -0.3 is 0 Å². The van der Waals surface area contributed by atoms with E-state index in [9.17, 15) is 0 Å². The Bertz CT molecular complexity index is 250. The summed E-state index contributed by atoms with van der Waals surface area (Å²) >= 11 is 0. The van der Waals surface area contributed by atoms with E-state index in [1.54, 1.807) is 18.1 Å². The molecular formula is C15H28Si. The average molecular weight is 236 g/mol. The first kappa shape index (κ1) is 12.4. The summed E-state index contributed by atoms with van der Waals surface area (Å²) in [6.07, 6.45) is 10.9. The molecule has 0 spiro atoms. The summed E-state index contributed by atoms with van der Waals surface area (Å²) in [5.74, 6) is 3.02. The third-order valence-electron chi connectivity index (χ3n) is 4.88. The topological polar surface area (TPSA) is 0 Å². The molecule has 0 saturated heterocycles. The van der Waals surface area contributed by atoms with Crippen LogP contribution in [0, 0.1) is 17.8 Å². The van der Waals surface area contributed by atoms with Crippen LogP contribution in [0.4, 0.5) is 0 Å².